The first-order valence-electron chi connectivity index (χ1n) is 5.92. The van der Waals surface area contributed by atoms with Gasteiger partial charge in [0.05, 0.1) is 4.90 Å². The summed E-state index contributed by atoms with van der Waals surface area (Å²) in [7, 11) is -3.91. The number of rotatable bonds is 5. The number of nitrogens with two attached hydrogens (primary N) is 1. The minimum Gasteiger partial charge on any atom is -0.333 e. The van der Waals surface area contributed by atoms with E-state index in [1.54, 1.807) is 11.0 Å². The predicted molar refractivity (Wildman–Crippen MR) is 79.2 cm³/mol. The highest BCUT2D eigenvalue weighted by Crippen LogP contribution is 2.20. The lowest BCUT2D eigenvalue weighted by Gasteiger charge is -2.25. The number of hydrogen-bond donors (Lipinski definition) is 1. The molecule has 1 aromatic rings. The highest BCUT2D eigenvalue weighted by Gasteiger charge is 2.20. The number of benzene rings is 1. The zero-order valence-corrected chi connectivity index (χ0v) is 12.9. The van der Waals surface area contributed by atoms with Crippen LogP contribution in [0.2, 0.25) is 5.02 Å². The molecule has 7 heteroatoms. The minimum atomic E-state index is -3.91. The first-order chi connectivity index (χ1) is 9.16. The molecular weight excluding hydrogens is 300 g/mol. The van der Waals surface area contributed by atoms with Gasteiger partial charge in [-0.05, 0) is 32.0 Å². The van der Waals surface area contributed by atoms with E-state index in [0.29, 0.717) is 6.54 Å². The fourth-order valence-electron chi connectivity index (χ4n) is 1.68. The Morgan fingerprint density at radius 1 is 1.45 bits per heavy atom. The fraction of sp³-hybridized carbons (Fsp3) is 0.308. The van der Waals surface area contributed by atoms with E-state index in [-0.39, 0.29) is 27.4 Å². The van der Waals surface area contributed by atoms with Crippen LogP contribution in [0, 0.1) is 0 Å². The number of halogens is 1. The standard InChI is InChI=1S/C13H17ClN2O3S/c1-4-5-16(9(2)3)13(17)10-6-11(14)8-12(7-10)20(15,18)19/h4,6-9H,1,5H2,2-3H3,(H2,15,18,19). The van der Waals surface area contributed by atoms with Crippen molar-refractivity contribution in [2.75, 3.05) is 6.54 Å². The molecule has 20 heavy (non-hydrogen) atoms. The van der Waals surface area contributed by atoms with Crippen LogP contribution in [0.3, 0.4) is 0 Å². The van der Waals surface area contributed by atoms with Crippen LogP contribution in [0.5, 0.6) is 0 Å². The van der Waals surface area contributed by atoms with Crippen LogP contribution >= 0.6 is 11.6 Å². The molecule has 0 atom stereocenters. The summed E-state index contributed by atoms with van der Waals surface area (Å²) < 4.78 is 22.7. The van der Waals surface area contributed by atoms with Gasteiger partial charge in [-0.25, -0.2) is 13.6 Å². The lowest BCUT2D eigenvalue weighted by molar-refractivity contribution is 0.0728. The van der Waals surface area contributed by atoms with Crippen LogP contribution in [0.15, 0.2) is 35.7 Å². The van der Waals surface area contributed by atoms with Gasteiger partial charge in [0.2, 0.25) is 10.0 Å². The van der Waals surface area contributed by atoms with E-state index in [1.165, 1.54) is 18.2 Å². The van der Waals surface area contributed by atoms with Crippen molar-refractivity contribution in [3.05, 3.63) is 41.4 Å². The first-order valence-corrected chi connectivity index (χ1v) is 7.84. The van der Waals surface area contributed by atoms with Crippen LogP contribution in [0.4, 0.5) is 0 Å². The zero-order chi connectivity index (χ0) is 15.5. The smallest absolute Gasteiger partial charge is 0.254 e. The Balaban J connectivity index is 3.28. The maximum atomic E-state index is 12.4. The van der Waals surface area contributed by atoms with Crippen molar-refractivity contribution in [3.8, 4) is 0 Å². The van der Waals surface area contributed by atoms with E-state index in [9.17, 15) is 13.2 Å². The van der Waals surface area contributed by atoms with E-state index in [2.05, 4.69) is 6.58 Å². The normalized spacial score (nSPS) is 11.4. The Morgan fingerprint density at radius 2 is 2.05 bits per heavy atom. The van der Waals surface area contributed by atoms with Crippen molar-refractivity contribution >= 4 is 27.5 Å². The lowest BCUT2D eigenvalue weighted by Crippen LogP contribution is -2.37. The van der Waals surface area contributed by atoms with Crippen molar-refractivity contribution in [3.63, 3.8) is 0 Å². The Bertz CT molecular complexity index is 627. The average Bonchev–Trinajstić information content (AvgIpc) is 2.33. The van der Waals surface area contributed by atoms with Gasteiger partial charge in [0.25, 0.3) is 5.91 Å². The number of sulfonamides is 1. The Morgan fingerprint density at radius 3 is 2.50 bits per heavy atom. The molecule has 0 spiro atoms. The summed E-state index contributed by atoms with van der Waals surface area (Å²) in [6.07, 6.45) is 1.60. The molecule has 0 fully saturated rings. The summed E-state index contributed by atoms with van der Waals surface area (Å²) in [4.78, 5) is 13.8. The Hall–Kier alpha value is -1.37. The quantitative estimate of drug-likeness (QED) is 0.844. The van der Waals surface area contributed by atoms with E-state index in [4.69, 9.17) is 16.7 Å². The van der Waals surface area contributed by atoms with Crippen LogP contribution in [-0.4, -0.2) is 31.8 Å². The molecule has 0 saturated heterocycles. The largest absolute Gasteiger partial charge is 0.333 e. The third kappa shape index (κ3) is 4.06. The molecule has 0 aliphatic heterocycles. The van der Waals surface area contributed by atoms with Gasteiger partial charge in [-0.15, -0.1) is 6.58 Å². The predicted octanol–water partition coefficient (Wildman–Crippen LogP) is 2.02. The number of hydrogen-bond acceptors (Lipinski definition) is 3. The van der Waals surface area contributed by atoms with E-state index in [1.807, 2.05) is 13.8 Å². The van der Waals surface area contributed by atoms with Gasteiger partial charge in [0, 0.05) is 23.2 Å². The van der Waals surface area contributed by atoms with Gasteiger partial charge in [-0.3, -0.25) is 4.79 Å². The van der Waals surface area contributed by atoms with Gasteiger partial charge < -0.3 is 4.90 Å². The molecule has 0 radical (unpaired) electrons. The topological polar surface area (TPSA) is 80.5 Å². The number of nitrogens with zero attached hydrogens (tertiary/aromatic N) is 1. The SMILES string of the molecule is C=CCN(C(=O)c1cc(Cl)cc(S(N)(=O)=O)c1)C(C)C. The second-order valence-electron chi connectivity index (χ2n) is 4.56. The maximum absolute atomic E-state index is 12.4. The van der Waals surface area contributed by atoms with Crippen molar-refractivity contribution in [2.45, 2.75) is 24.8 Å². The molecule has 1 aromatic carbocycles. The molecule has 0 heterocycles. The summed E-state index contributed by atoms with van der Waals surface area (Å²) in [5.74, 6) is -0.327. The molecule has 0 aromatic heterocycles. The highest BCUT2D eigenvalue weighted by atomic mass is 35.5. The van der Waals surface area contributed by atoms with Crippen LogP contribution in [-0.2, 0) is 10.0 Å². The third-order valence-electron chi connectivity index (χ3n) is 2.66. The summed E-state index contributed by atoms with van der Waals surface area (Å²) in [5.41, 5.74) is 0.178. The Labute approximate surface area is 124 Å². The second kappa shape index (κ2) is 6.39. The highest BCUT2D eigenvalue weighted by molar-refractivity contribution is 7.89. The third-order valence-corrected chi connectivity index (χ3v) is 3.77. The zero-order valence-electron chi connectivity index (χ0n) is 11.3. The summed E-state index contributed by atoms with van der Waals surface area (Å²) in [5, 5.41) is 5.20. The molecule has 0 bridgehead atoms. The minimum absolute atomic E-state index is 0.0579. The summed E-state index contributed by atoms with van der Waals surface area (Å²) >= 11 is 5.85. The Kier molecular flexibility index (Phi) is 5.33. The molecule has 1 rings (SSSR count). The van der Waals surface area contributed by atoms with E-state index in [0.717, 1.165) is 0 Å². The van der Waals surface area contributed by atoms with Crippen molar-refractivity contribution < 1.29 is 13.2 Å². The van der Waals surface area contributed by atoms with Crippen molar-refractivity contribution in [1.82, 2.24) is 4.90 Å². The lowest BCUT2D eigenvalue weighted by atomic mass is 10.1. The van der Waals surface area contributed by atoms with Gasteiger partial charge in [0.15, 0.2) is 0 Å². The van der Waals surface area contributed by atoms with Gasteiger partial charge in [-0.2, -0.15) is 0 Å². The van der Waals surface area contributed by atoms with Crippen LogP contribution in [0.25, 0.3) is 0 Å². The van der Waals surface area contributed by atoms with Crippen molar-refractivity contribution in [2.24, 2.45) is 5.14 Å². The number of carbonyl (C=O) groups is 1. The van der Waals surface area contributed by atoms with Crippen LogP contribution < -0.4 is 5.14 Å². The molecule has 5 nitrogen and oxygen atoms in total. The number of amides is 1. The van der Waals surface area contributed by atoms with Gasteiger partial charge in [0.1, 0.15) is 0 Å². The first kappa shape index (κ1) is 16.7. The molecule has 0 aliphatic carbocycles. The molecule has 0 saturated carbocycles. The fourth-order valence-corrected chi connectivity index (χ4v) is 2.57. The van der Waals surface area contributed by atoms with Gasteiger partial charge >= 0.3 is 0 Å². The molecule has 0 aliphatic rings. The molecular formula is C13H17ClN2O3S. The number of carbonyl (C=O) groups excluding carboxylic acids is 1. The number of primary sulfonamides is 1. The molecule has 1 amide bonds. The average molecular weight is 317 g/mol. The maximum Gasteiger partial charge on any atom is 0.254 e. The van der Waals surface area contributed by atoms with E-state index >= 15 is 0 Å². The molecule has 2 N–H and O–H groups in total. The molecule has 0 unspecified atom stereocenters. The summed E-state index contributed by atoms with van der Waals surface area (Å²) in [6.45, 7) is 7.66. The van der Waals surface area contributed by atoms with Crippen molar-refractivity contribution in [1.29, 1.82) is 0 Å². The summed E-state index contributed by atoms with van der Waals surface area (Å²) in [6, 6.07) is 3.79. The second-order valence-corrected chi connectivity index (χ2v) is 6.56. The molecule has 110 valence electrons. The monoisotopic (exact) mass is 316 g/mol. The van der Waals surface area contributed by atoms with Crippen LogP contribution in [0.1, 0.15) is 24.2 Å². The van der Waals surface area contributed by atoms with Gasteiger partial charge in [-0.1, -0.05) is 17.7 Å². The van der Waals surface area contributed by atoms with E-state index < -0.39 is 10.0 Å².